The molecule has 0 unspecified atom stereocenters. The van der Waals surface area contributed by atoms with Crippen LogP contribution in [0.2, 0.25) is 0 Å². The highest BCUT2D eigenvalue weighted by molar-refractivity contribution is 5.66. The number of imidazole rings is 1. The Morgan fingerprint density at radius 2 is 2.21 bits per heavy atom. The Bertz CT molecular complexity index is 556. The van der Waals surface area contributed by atoms with E-state index in [4.69, 9.17) is 0 Å². The number of anilines is 2. The number of fused-ring (bicyclic) bond motifs is 1. The molecule has 5 nitrogen and oxygen atoms in total. The van der Waals surface area contributed by atoms with E-state index in [-0.39, 0.29) is 0 Å². The van der Waals surface area contributed by atoms with Crippen LogP contribution in [0.3, 0.4) is 0 Å². The van der Waals surface area contributed by atoms with Crippen molar-refractivity contribution in [2.24, 2.45) is 5.92 Å². The number of hydrogen-bond acceptors (Lipinski definition) is 4. The number of nitrogens with one attached hydrogen (secondary N) is 1. The van der Waals surface area contributed by atoms with Gasteiger partial charge in [-0.25, -0.2) is 9.97 Å². The predicted molar refractivity (Wildman–Crippen MR) is 77.8 cm³/mol. The van der Waals surface area contributed by atoms with E-state index in [2.05, 4.69) is 27.2 Å². The Balaban J connectivity index is 1.90. The molecule has 2 aromatic rings. The van der Waals surface area contributed by atoms with Gasteiger partial charge in [0, 0.05) is 33.0 Å². The van der Waals surface area contributed by atoms with Crippen LogP contribution in [0.5, 0.6) is 0 Å². The zero-order valence-corrected chi connectivity index (χ0v) is 11.6. The van der Waals surface area contributed by atoms with E-state index in [1.807, 2.05) is 30.0 Å². The van der Waals surface area contributed by atoms with Gasteiger partial charge in [-0.2, -0.15) is 0 Å². The van der Waals surface area contributed by atoms with Crippen LogP contribution in [0.4, 0.5) is 11.6 Å². The first-order chi connectivity index (χ1) is 9.28. The van der Waals surface area contributed by atoms with Crippen LogP contribution in [0.1, 0.15) is 25.7 Å². The second-order valence-electron chi connectivity index (χ2n) is 5.39. The average Bonchev–Trinajstić information content (AvgIpc) is 3.07. The van der Waals surface area contributed by atoms with E-state index in [1.54, 1.807) is 0 Å². The summed E-state index contributed by atoms with van der Waals surface area (Å²) in [6.07, 6.45) is 11.2. The molecule has 0 spiro atoms. The molecule has 1 aliphatic rings. The summed E-state index contributed by atoms with van der Waals surface area (Å²) in [6, 6.07) is 0. The zero-order chi connectivity index (χ0) is 13.2. The highest BCUT2D eigenvalue weighted by Crippen LogP contribution is 2.27. The molecule has 1 saturated carbocycles. The first kappa shape index (κ1) is 12.3. The molecular weight excluding hydrogens is 238 g/mol. The molecule has 0 amide bonds. The fourth-order valence-corrected chi connectivity index (χ4v) is 2.96. The van der Waals surface area contributed by atoms with Crippen molar-refractivity contribution in [1.29, 1.82) is 0 Å². The van der Waals surface area contributed by atoms with Gasteiger partial charge in [0.05, 0.1) is 6.20 Å². The van der Waals surface area contributed by atoms with Crippen molar-refractivity contribution < 1.29 is 0 Å². The second-order valence-corrected chi connectivity index (χ2v) is 5.39. The fourth-order valence-electron chi connectivity index (χ4n) is 2.96. The maximum absolute atomic E-state index is 4.67. The maximum Gasteiger partial charge on any atom is 0.180 e. The first-order valence-electron chi connectivity index (χ1n) is 7.00. The summed E-state index contributed by atoms with van der Waals surface area (Å²) in [4.78, 5) is 11.3. The molecule has 0 bridgehead atoms. The van der Waals surface area contributed by atoms with Crippen LogP contribution in [0.15, 0.2) is 18.6 Å². The Hall–Kier alpha value is -1.78. The smallest absolute Gasteiger partial charge is 0.180 e. The summed E-state index contributed by atoms with van der Waals surface area (Å²) in [7, 11) is 4.01. The zero-order valence-electron chi connectivity index (χ0n) is 11.6. The summed E-state index contributed by atoms with van der Waals surface area (Å²) in [5.74, 6) is 2.64. The molecule has 0 aromatic carbocycles. The highest BCUT2D eigenvalue weighted by atomic mass is 15.2. The molecule has 0 aliphatic heterocycles. The summed E-state index contributed by atoms with van der Waals surface area (Å²) < 4.78 is 2.03. The van der Waals surface area contributed by atoms with E-state index in [0.29, 0.717) is 0 Å². The molecular formula is C14H21N5. The van der Waals surface area contributed by atoms with Crippen molar-refractivity contribution >= 4 is 17.3 Å². The minimum atomic E-state index is 0.806. The molecule has 5 heteroatoms. The summed E-state index contributed by atoms with van der Waals surface area (Å²) >= 11 is 0. The van der Waals surface area contributed by atoms with Gasteiger partial charge in [0.25, 0.3) is 0 Å². The van der Waals surface area contributed by atoms with E-state index in [9.17, 15) is 0 Å². The Labute approximate surface area is 113 Å². The van der Waals surface area contributed by atoms with E-state index in [1.165, 1.54) is 25.7 Å². The standard InChI is InChI=1S/C14H21N5/c1-15-12-10-19-8-7-16-13(19)14(17-12)18(2)9-11-5-3-4-6-11/h7-8,10-11,15H,3-6,9H2,1-2H3. The van der Waals surface area contributed by atoms with Gasteiger partial charge in [-0.3, -0.25) is 0 Å². The average molecular weight is 259 g/mol. The third-order valence-corrected chi connectivity index (χ3v) is 3.98. The molecule has 1 aliphatic carbocycles. The fraction of sp³-hybridized carbons (Fsp3) is 0.571. The van der Waals surface area contributed by atoms with Crippen molar-refractivity contribution in [3.8, 4) is 0 Å². The lowest BCUT2D eigenvalue weighted by Gasteiger charge is -2.22. The van der Waals surface area contributed by atoms with Gasteiger partial charge in [-0.1, -0.05) is 12.8 Å². The van der Waals surface area contributed by atoms with Crippen molar-refractivity contribution in [3.05, 3.63) is 18.6 Å². The summed E-state index contributed by atoms with van der Waals surface area (Å²) in [5.41, 5.74) is 0.930. The molecule has 2 heterocycles. The van der Waals surface area contributed by atoms with Crippen LogP contribution in [0, 0.1) is 5.92 Å². The molecule has 1 N–H and O–H groups in total. The number of rotatable bonds is 4. The largest absolute Gasteiger partial charge is 0.372 e. The quantitative estimate of drug-likeness (QED) is 0.915. The van der Waals surface area contributed by atoms with Crippen LogP contribution in [-0.4, -0.2) is 35.0 Å². The van der Waals surface area contributed by atoms with Gasteiger partial charge in [-0.05, 0) is 18.8 Å². The molecule has 1 fully saturated rings. The van der Waals surface area contributed by atoms with Gasteiger partial charge in [0.1, 0.15) is 5.82 Å². The van der Waals surface area contributed by atoms with E-state index >= 15 is 0 Å². The third-order valence-electron chi connectivity index (χ3n) is 3.98. The third kappa shape index (κ3) is 2.37. The number of hydrogen-bond donors (Lipinski definition) is 1. The first-order valence-corrected chi connectivity index (χ1v) is 7.00. The maximum atomic E-state index is 4.67. The van der Waals surface area contributed by atoms with E-state index in [0.717, 1.165) is 29.7 Å². The Kier molecular flexibility index (Phi) is 3.27. The normalized spacial score (nSPS) is 16.1. The topological polar surface area (TPSA) is 45.5 Å². The van der Waals surface area contributed by atoms with Gasteiger partial charge < -0.3 is 14.6 Å². The SMILES string of the molecule is CNc1cn2ccnc2c(N(C)CC2CCCC2)n1. The molecule has 102 valence electrons. The van der Waals surface area contributed by atoms with Gasteiger partial charge in [0.2, 0.25) is 0 Å². The molecule has 0 atom stereocenters. The second kappa shape index (κ2) is 5.07. The van der Waals surface area contributed by atoms with Gasteiger partial charge in [-0.15, -0.1) is 0 Å². The van der Waals surface area contributed by atoms with Crippen LogP contribution < -0.4 is 10.2 Å². The van der Waals surface area contributed by atoms with Crippen LogP contribution in [-0.2, 0) is 0 Å². The minimum absolute atomic E-state index is 0.806. The number of nitrogens with zero attached hydrogens (tertiary/aromatic N) is 4. The lowest BCUT2D eigenvalue weighted by Crippen LogP contribution is -2.25. The Morgan fingerprint density at radius 1 is 1.42 bits per heavy atom. The van der Waals surface area contributed by atoms with Crippen molar-refractivity contribution in [3.63, 3.8) is 0 Å². The van der Waals surface area contributed by atoms with Crippen molar-refractivity contribution in [2.75, 3.05) is 30.9 Å². The molecule has 0 saturated heterocycles. The van der Waals surface area contributed by atoms with Crippen molar-refractivity contribution in [1.82, 2.24) is 14.4 Å². The highest BCUT2D eigenvalue weighted by Gasteiger charge is 2.19. The van der Waals surface area contributed by atoms with E-state index < -0.39 is 0 Å². The predicted octanol–water partition coefficient (Wildman–Crippen LogP) is 2.40. The van der Waals surface area contributed by atoms with Gasteiger partial charge >= 0.3 is 0 Å². The molecule has 2 aromatic heterocycles. The monoisotopic (exact) mass is 259 g/mol. The minimum Gasteiger partial charge on any atom is -0.372 e. The summed E-state index contributed by atoms with van der Waals surface area (Å²) in [6.45, 7) is 1.07. The molecule has 3 rings (SSSR count). The molecule has 0 radical (unpaired) electrons. The number of aromatic nitrogens is 3. The molecule has 19 heavy (non-hydrogen) atoms. The lowest BCUT2D eigenvalue weighted by atomic mass is 10.1. The Morgan fingerprint density at radius 3 is 2.95 bits per heavy atom. The van der Waals surface area contributed by atoms with Crippen LogP contribution >= 0.6 is 0 Å². The van der Waals surface area contributed by atoms with Gasteiger partial charge in [0.15, 0.2) is 11.5 Å². The summed E-state index contributed by atoms with van der Waals surface area (Å²) in [5, 5.41) is 3.11. The van der Waals surface area contributed by atoms with Crippen molar-refractivity contribution in [2.45, 2.75) is 25.7 Å². The van der Waals surface area contributed by atoms with Crippen LogP contribution in [0.25, 0.3) is 5.65 Å². The lowest BCUT2D eigenvalue weighted by molar-refractivity contribution is 0.545.